The molecule has 0 unspecified atom stereocenters. The van der Waals surface area contributed by atoms with Crippen LogP contribution in [-0.2, 0) is 4.79 Å². The summed E-state index contributed by atoms with van der Waals surface area (Å²) in [5.41, 5.74) is 1.96. The van der Waals surface area contributed by atoms with E-state index in [1.54, 1.807) is 12.1 Å². The van der Waals surface area contributed by atoms with Gasteiger partial charge in [0, 0.05) is 11.7 Å². The Morgan fingerprint density at radius 3 is 2.45 bits per heavy atom. The molecule has 0 spiro atoms. The second-order valence-corrected chi connectivity index (χ2v) is 7.94. The molecule has 1 saturated carbocycles. The van der Waals surface area contributed by atoms with Gasteiger partial charge in [0.2, 0.25) is 5.91 Å². The van der Waals surface area contributed by atoms with Gasteiger partial charge in [-0.1, -0.05) is 48.7 Å². The molecule has 0 aliphatic heterocycles. The van der Waals surface area contributed by atoms with E-state index in [1.807, 2.05) is 31.2 Å². The van der Waals surface area contributed by atoms with Crippen molar-refractivity contribution in [2.24, 2.45) is 0 Å². The molecule has 1 fully saturated rings. The maximum atomic E-state index is 14.1. The van der Waals surface area contributed by atoms with Gasteiger partial charge in [0.1, 0.15) is 11.9 Å². The Labute approximate surface area is 180 Å². The lowest BCUT2D eigenvalue weighted by molar-refractivity contribution is -0.123. The molecule has 0 radical (unpaired) electrons. The van der Waals surface area contributed by atoms with Crippen LogP contribution < -0.4 is 10.2 Å². The van der Waals surface area contributed by atoms with Crippen LogP contribution in [0.5, 0.6) is 0 Å². The van der Waals surface area contributed by atoms with Crippen molar-refractivity contribution >= 4 is 17.5 Å². The zero-order valence-corrected chi connectivity index (χ0v) is 17.4. The van der Waals surface area contributed by atoms with Crippen molar-refractivity contribution in [2.45, 2.75) is 44.7 Å². The average molecular weight is 420 g/mol. The molecule has 31 heavy (non-hydrogen) atoms. The number of carbonyl (C=O) groups is 2. The van der Waals surface area contributed by atoms with Crippen LogP contribution in [0.15, 0.2) is 71.3 Å². The van der Waals surface area contributed by atoms with E-state index in [0.29, 0.717) is 5.56 Å². The molecule has 1 atom stereocenters. The first-order chi connectivity index (χ1) is 15.0. The minimum absolute atomic E-state index is 0.0773. The maximum Gasteiger partial charge on any atom is 0.294 e. The third-order valence-electron chi connectivity index (χ3n) is 5.64. The number of furan rings is 1. The minimum atomic E-state index is -0.972. The summed E-state index contributed by atoms with van der Waals surface area (Å²) in [7, 11) is 0. The van der Waals surface area contributed by atoms with Gasteiger partial charge in [-0.2, -0.15) is 0 Å². The van der Waals surface area contributed by atoms with Crippen molar-refractivity contribution in [3.8, 4) is 0 Å². The number of hydrogen-bond donors (Lipinski definition) is 1. The number of aryl methyl sites for hydroxylation is 1. The lowest BCUT2D eigenvalue weighted by Crippen LogP contribution is -2.46. The monoisotopic (exact) mass is 420 g/mol. The smallest absolute Gasteiger partial charge is 0.294 e. The van der Waals surface area contributed by atoms with Crippen LogP contribution in [0.3, 0.4) is 0 Å². The van der Waals surface area contributed by atoms with Crippen LogP contribution in [0.2, 0.25) is 0 Å². The van der Waals surface area contributed by atoms with E-state index in [4.69, 9.17) is 4.42 Å². The highest BCUT2D eigenvalue weighted by molar-refractivity contribution is 6.08. The van der Waals surface area contributed by atoms with E-state index < -0.39 is 17.8 Å². The van der Waals surface area contributed by atoms with Crippen molar-refractivity contribution in [1.29, 1.82) is 0 Å². The topological polar surface area (TPSA) is 62.6 Å². The molecule has 6 heteroatoms. The first-order valence-corrected chi connectivity index (χ1v) is 10.5. The summed E-state index contributed by atoms with van der Waals surface area (Å²) in [5, 5.41) is 3.10. The predicted molar refractivity (Wildman–Crippen MR) is 116 cm³/mol. The highest BCUT2D eigenvalue weighted by Gasteiger charge is 2.35. The van der Waals surface area contributed by atoms with Gasteiger partial charge in [-0.05, 0) is 55.7 Å². The quantitative estimate of drug-likeness (QED) is 0.598. The molecule has 2 amide bonds. The van der Waals surface area contributed by atoms with Gasteiger partial charge in [0.25, 0.3) is 5.91 Å². The van der Waals surface area contributed by atoms with E-state index in [2.05, 4.69) is 5.32 Å². The van der Waals surface area contributed by atoms with Gasteiger partial charge in [0.15, 0.2) is 5.76 Å². The molecule has 0 saturated heterocycles. The summed E-state index contributed by atoms with van der Waals surface area (Å²) in [6, 6.07) is 15.4. The number of carbonyl (C=O) groups excluding carboxylic acids is 2. The van der Waals surface area contributed by atoms with E-state index in [0.717, 1.165) is 31.2 Å². The van der Waals surface area contributed by atoms with Crippen molar-refractivity contribution in [3.63, 3.8) is 0 Å². The lowest BCUT2D eigenvalue weighted by Gasteiger charge is -2.32. The molecular weight excluding hydrogens is 395 g/mol. The number of rotatable bonds is 6. The number of halogens is 1. The fourth-order valence-corrected chi connectivity index (χ4v) is 4.05. The molecule has 2 aromatic carbocycles. The lowest BCUT2D eigenvalue weighted by atomic mass is 10.0. The molecule has 160 valence electrons. The van der Waals surface area contributed by atoms with E-state index >= 15 is 0 Å². The Balaban J connectivity index is 1.80. The number of hydrogen-bond acceptors (Lipinski definition) is 3. The zero-order chi connectivity index (χ0) is 21.8. The third kappa shape index (κ3) is 4.68. The zero-order valence-electron chi connectivity index (χ0n) is 17.4. The van der Waals surface area contributed by atoms with Gasteiger partial charge in [-0.3, -0.25) is 14.5 Å². The van der Waals surface area contributed by atoms with Crippen LogP contribution in [0.25, 0.3) is 0 Å². The average Bonchev–Trinajstić information content (AvgIpc) is 3.46. The van der Waals surface area contributed by atoms with E-state index in [1.165, 1.54) is 35.4 Å². The number of benzene rings is 2. The summed E-state index contributed by atoms with van der Waals surface area (Å²) in [5.74, 6) is -1.22. The highest BCUT2D eigenvalue weighted by atomic mass is 19.1. The summed E-state index contributed by atoms with van der Waals surface area (Å²) in [4.78, 5) is 28.3. The Kier molecular flexibility index (Phi) is 6.16. The largest absolute Gasteiger partial charge is 0.459 e. The fraction of sp³-hybridized carbons (Fsp3) is 0.280. The molecule has 1 heterocycles. The Morgan fingerprint density at radius 2 is 1.81 bits per heavy atom. The predicted octanol–water partition coefficient (Wildman–Crippen LogP) is 5.17. The van der Waals surface area contributed by atoms with Crippen LogP contribution >= 0.6 is 0 Å². The second kappa shape index (κ2) is 9.16. The molecular formula is C25H25FN2O3. The van der Waals surface area contributed by atoms with Crippen molar-refractivity contribution < 1.29 is 18.4 Å². The van der Waals surface area contributed by atoms with Crippen molar-refractivity contribution in [3.05, 3.63) is 89.6 Å². The first-order valence-electron chi connectivity index (χ1n) is 10.5. The van der Waals surface area contributed by atoms with Crippen LogP contribution in [0, 0.1) is 12.7 Å². The summed E-state index contributed by atoms with van der Waals surface area (Å²) in [6.07, 6.45) is 5.37. The molecule has 3 aromatic rings. The molecule has 1 aliphatic carbocycles. The van der Waals surface area contributed by atoms with Gasteiger partial charge in [-0.25, -0.2) is 4.39 Å². The SMILES string of the molecule is Cc1ccc([C@@H](C(=O)NC2CCCC2)N(C(=O)c2ccco2)c2cccc(F)c2)cc1. The molecule has 4 rings (SSSR count). The number of amides is 2. The number of nitrogens with zero attached hydrogens (tertiary/aromatic N) is 1. The molecule has 1 aliphatic rings. The van der Waals surface area contributed by atoms with Crippen LogP contribution in [0.1, 0.15) is 53.4 Å². The number of anilines is 1. The van der Waals surface area contributed by atoms with Gasteiger partial charge >= 0.3 is 0 Å². The maximum absolute atomic E-state index is 14.1. The number of nitrogens with one attached hydrogen (secondary N) is 1. The normalized spacial score (nSPS) is 14.9. The van der Waals surface area contributed by atoms with Gasteiger partial charge in [-0.15, -0.1) is 0 Å². The Morgan fingerprint density at radius 1 is 1.06 bits per heavy atom. The summed E-state index contributed by atoms with van der Waals surface area (Å²) in [6.45, 7) is 1.95. The standard InChI is InChI=1S/C25H25FN2O3/c1-17-11-13-18(14-12-17)23(24(29)27-20-7-2-3-8-20)28(21-9-4-6-19(26)16-21)25(30)22-10-5-15-31-22/h4-6,9-16,20,23H,2-3,7-8H2,1H3,(H,27,29)/t23-/m0/s1. The van der Waals surface area contributed by atoms with E-state index in [-0.39, 0.29) is 23.4 Å². The summed E-state index contributed by atoms with van der Waals surface area (Å²) < 4.78 is 19.4. The molecule has 0 bridgehead atoms. The molecule has 1 N–H and O–H groups in total. The third-order valence-corrected chi connectivity index (χ3v) is 5.64. The Hall–Kier alpha value is -3.41. The van der Waals surface area contributed by atoms with Crippen LogP contribution in [-0.4, -0.2) is 17.9 Å². The summed E-state index contributed by atoms with van der Waals surface area (Å²) >= 11 is 0. The minimum Gasteiger partial charge on any atom is -0.459 e. The van der Waals surface area contributed by atoms with E-state index in [9.17, 15) is 14.0 Å². The van der Waals surface area contributed by atoms with Gasteiger partial charge in [0.05, 0.1) is 6.26 Å². The molecule has 1 aromatic heterocycles. The first kappa shape index (κ1) is 20.8. The van der Waals surface area contributed by atoms with Gasteiger partial charge < -0.3 is 9.73 Å². The van der Waals surface area contributed by atoms with Crippen LogP contribution in [0.4, 0.5) is 10.1 Å². The van der Waals surface area contributed by atoms with Crippen molar-refractivity contribution in [2.75, 3.05) is 4.90 Å². The van der Waals surface area contributed by atoms with Crippen molar-refractivity contribution in [1.82, 2.24) is 5.32 Å². The highest BCUT2D eigenvalue weighted by Crippen LogP contribution is 2.31. The molecule has 5 nitrogen and oxygen atoms in total. The Bertz CT molecular complexity index is 1040. The fourth-order valence-electron chi connectivity index (χ4n) is 4.05. The second-order valence-electron chi connectivity index (χ2n) is 7.94.